The first kappa shape index (κ1) is 18.6. The van der Waals surface area contributed by atoms with Crippen molar-refractivity contribution in [2.45, 2.75) is 39.2 Å². The van der Waals surface area contributed by atoms with Crippen LogP contribution < -0.4 is 10.2 Å². The predicted molar refractivity (Wildman–Crippen MR) is 106 cm³/mol. The number of anilines is 3. The lowest BCUT2D eigenvalue weighted by Crippen LogP contribution is -2.33. The summed E-state index contributed by atoms with van der Waals surface area (Å²) in [5.41, 5.74) is 2.25. The minimum absolute atomic E-state index is 0.0347. The zero-order valence-corrected chi connectivity index (χ0v) is 16.5. The highest BCUT2D eigenvalue weighted by atomic mass is 32.2. The molecule has 1 unspecified atom stereocenters. The van der Waals surface area contributed by atoms with Crippen molar-refractivity contribution in [2.24, 2.45) is 0 Å². The number of aryl methyl sites for hydroxylation is 1. The van der Waals surface area contributed by atoms with Crippen LogP contribution >= 0.6 is 0 Å². The smallest absolute Gasteiger partial charge is 0.152 e. The summed E-state index contributed by atoms with van der Waals surface area (Å²) in [6.45, 7) is 6.18. The molecule has 0 spiro atoms. The highest BCUT2D eigenvalue weighted by Gasteiger charge is 2.31. The zero-order chi connectivity index (χ0) is 18.9. The molecule has 1 aromatic heterocycles. The number of nitrogens with zero attached hydrogens (tertiary/aromatic N) is 3. The van der Waals surface area contributed by atoms with Crippen molar-refractivity contribution in [2.75, 3.05) is 28.8 Å². The largest absolute Gasteiger partial charge is 0.355 e. The van der Waals surface area contributed by atoms with Gasteiger partial charge in [-0.1, -0.05) is 26.0 Å². The molecule has 1 aromatic carbocycles. The van der Waals surface area contributed by atoms with E-state index in [4.69, 9.17) is 0 Å². The molecular weight excluding hydrogens is 348 g/mol. The van der Waals surface area contributed by atoms with E-state index >= 15 is 0 Å². The van der Waals surface area contributed by atoms with Gasteiger partial charge >= 0.3 is 0 Å². The molecule has 2 aromatic rings. The highest BCUT2D eigenvalue weighted by Crippen LogP contribution is 2.25. The molecule has 7 heteroatoms. The summed E-state index contributed by atoms with van der Waals surface area (Å²) in [5.74, 6) is 3.02. The first-order valence-electron chi connectivity index (χ1n) is 8.89. The van der Waals surface area contributed by atoms with Crippen LogP contribution in [0.1, 0.15) is 37.6 Å². The monoisotopic (exact) mass is 374 g/mol. The Morgan fingerprint density at radius 3 is 2.46 bits per heavy atom. The van der Waals surface area contributed by atoms with E-state index in [9.17, 15) is 8.42 Å². The maximum absolute atomic E-state index is 11.8. The van der Waals surface area contributed by atoms with Gasteiger partial charge < -0.3 is 10.2 Å². The fourth-order valence-electron chi connectivity index (χ4n) is 3.16. The Labute approximate surface area is 155 Å². The number of hydrogen-bond donors (Lipinski definition) is 1. The Morgan fingerprint density at radius 1 is 1.19 bits per heavy atom. The van der Waals surface area contributed by atoms with E-state index in [1.54, 1.807) is 0 Å². The first-order chi connectivity index (χ1) is 12.2. The molecule has 0 amide bonds. The zero-order valence-electron chi connectivity index (χ0n) is 15.7. The van der Waals surface area contributed by atoms with E-state index in [0.29, 0.717) is 24.0 Å². The van der Waals surface area contributed by atoms with Crippen LogP contribution in [0.5, 0.6) is 0 Å². The van der Waals surface area contributed by atoms with Crippen LogP contribution in [0, 0.1) is 6.92 Å². The fraction of sp³-hybridized carbons (Fsp3) is 0.474. The van der Waals surface area contributed by atoms with E-state index in [2.05, 4.69) is 41.3 Å². The van der Waals surface area contributed by atoms with Gasteiger partial charge in [0.25, 0.3) is 0 Å². The third kappa shape index (κ3) is 4.33. The minimum atomic E-state index is -2.93. The van der Waals surface area contributed by atoms with Gasteiger partial charge in [-0.2, -0.15) is 0 Å². The van der Waals surface area contributed by atoms with Gasteiger partial charge in [0.1, 0.15) is 17.5 Å². The van der Waals surface area contributed by atoms with Gasteiger partial charge in [-0.05, 0) is 37.0 Å². The van der Waals surface area contributed by atoms with Crippen LogP contribution in [0.25, 0.3) is 0 Å². The Bertz CT molecular complexity index is 879. The molecule has 0 radical (unpaired) electrons. The fourth-order valence-corrected chi connectivity index (χ4v) is 4.94. The van der Waals surface area contributed by atoms with Gasteiger partial charge in [0, 0.05) is 24.8 Å². The van der Waals surface area contributed by atoms with Gasteiger partial charge in [-0.3, -0.25) is 0 Å². The lowest BCUT2D eigenvalue weighted by molar-refractivity contribution is 0.600. The summed E-state index contributed by atoms with van der Waals surface area (Å²) in [6, 6.07) is 10.1. The summed E-state index contributed by atoms with van der Waals surface area (Å²) in [7, 11) is -1.03. The Hall–Kier alpha value is -2.15. The number of sulfone groups is 1. The summed E-state index contributed by atoms with van der Waals surface area (Å²) >= 11 is 0. The number of hydrogen-bond acceptors (Lipinski definition) is 6. The molecule has 3 rings (SSSR count). The van der Waals surface area contributed by atoms with Gasteiger partial charge in [0.15, 0.2) is 9.84 Å². The molecule has 1 fully saturated rings. The Kier molecular flexibility index (Phi) is 5.18. The van der Waals surface area contributed by atoms with Crippen LogP contribution in [0.4, 0.5) is 17.3 Å². The van der Waals surface area contributed by atoms with Gasteiger partial charge in [0.05, 0.1) is 11.5 Å². The van der Waals surface area contributed by atoms with Crippen molar-refractivity contribution in [1.29, 1.82) is 0 Å². The molecule has 26 heavy (non-hydrogen) atoms. The molecule has 2 heterocycles. The van der Waals surface area contributed by atoms with Crippen molar-refractivity contribution < 1.29 is 8.42 Å². The third-order valence-corrected chi connectivity index (χ3v) is 6.54. The molecule has 1 aliphatic rings. The lowest BCUT2D eigenvalue weighted by Gasteiger charge is -2.25. The van der Waals surface area contributed by atoms with Gasteiger partial charge in [0.2, 0.25) is 0 Å². The van der Waals surface area contributed by atoms with E-state index in [1.807, 2.05) is 37.1 Å². The van der Waals surface area contributed by atoms with Crippen molar-refractivity contribution in [3.05, 3.63) is 41.7 Å². The minimum Gasteiger partial charge on any atom is -0.355 e. The Morgan fingerprint density at radius 2 is 1.88 bits per heavy atom. The maximum atomic E-state index is 11.8. The van der Waals surface area contributed by atoms with Crippen molar-refractivity contribution in [3.63, 3.8) is 0 Å². The number of nitrogens with one attached hydrogen (secondary N) is 1. The van der Waals surface area contributed by atoms with E-state index < -0.39 is 9.84 Å². The van der Waals surface area contributed by atoms with Crippen molar-refractivity contribution in [3.8, 4) is 0 Å². The maximum Gasteiger partial charge on any atom is 0.152 e. The molecule has 1 saturated heterocycles. The SMILES string of the molecule is Cc1nc(Nc2ccc(C(C)C)cc2)cc(N(C)C2CCS(=O)(=O)C2)n1. The van der Waals surface area contributed by atoms with Crippen molar-refractivity contribution >= 4 is 27.2 Å². The molecule has 1 aliphatic heterocycles. The molecule has 140 valence electrons. The second-order valence-electron chi connectivity index (χ2n) is 7.23. The summed E-state index contributed by atoms with van der Waals surface area (Å²) < 4.78 is 23.5. The second kappa shape index (κ2) is 7.23. The normalized spacial score (nSPS) is 18.9. The summed E-state index contributed by atoms with van der Waals surface area (Å²) in [4.78, 5) is 10.9. The Balaban J connectivity index is 1.79. The average Bonchev–Trinajstić information content (AvgIpc) is 2.94. The van der Waals surface area contributed by atoms with E-state index in [-0.39, 0.29) is 17.5 Å². The lowest BCUT2D eigenvalue weighted by atomic mass is 10.0. The molecular formula is C19H26N4O2S. The van der Waals surface area contributed by atoms with Crippen LogP contribution in [0.15, 0.2) is 30.3 Å². The third-order valence-electron chi connectivity index (χ3n) is 4.79. The summed E-state index contributed by atoms with van der Waals surface area (Å²) in [5, 5.41) is 3.32. The van der Waals surface area contributed by atoms with Crippen LogP contribution in [0.3, 0.4) is 0 Å². The second-order valence-corrected chi connectivity index (χ2v) is 9.46. The quantitative estimate of drug-likeness (QED) is 0.866. The summed E-state index contributed by atoms with van der Waals surface area (Å²) in [6.07, 6.45) is 0.640. The van der Waals surface area contributed by atoms with Crippen LogP contribution in [-0.2, 0) is 9.84 Å². The molecule has 0 aliphatic carbocycles. The molecule has 6 nitrogen and oxygen atoms in total. The molecule has 1 N–H and O–H groups in total. The molecule has 1 atom stereocenters. The van der Waals surface area contributed by atoms with Gasteiger partial charge in [-0.25, -0.2) is 18.4 Å². The van der Waals surface area contributed by atoms with Crippen LogP contribution in [-0.4, -0.2) is 43.0 Å². The topological polar surface area (TPSA) is 75.2 Å². The standard InChI is InChI=1S/C19H26N4O2S/c1-13(2)15-5-7-16(8-6-15)22-18-11-19(21-14(3)20-18)23(4)17-9-10-26(24,25)12-17/h5-8,11,13,17H,9-10,12H2,1-4H3,(H,20,21,22). The van der Waals surface area contributed by atoms with Gasteiger partial charge in [-0.15, -0.1) is 0 Å². The number of aromatic nitrogens is 2. The highest BCUT2D eigenvalue weighted by molar-refractivity contribution is 7.91. The predicted octanol–water partition coefficient (Wildman–Crippen LogP) is 3.28. The average molecular weight is 375 g/mol. The van der Waals surface area contributed by atoms with Crippen molar-refractivity contribution in [1.82, 2.24) is 9.97 Å². The number of rotatable bonds is 5. The van der Waals surface area contributed by atoms with E-state index in [0.717, 1.165) is 11.5 Å². The molecule has 0 bridgehead atoms. The van der Waals surface area contributed by atoms with Crippen LogP contribution in [0.2, 0.25) is 0 Å². The molecule has 0 saturated carbocycles. The number of benzene rings is 1. The van der Waals surface area contributed by atoms with E-state index in [1.165, 1.54) is 5.56 Å². The first-order valence-corrected chi connectivity index (χ1v) is 10.7.